The predicted molar refractivity (Wildman–Crippen MR) is 65.6 cm³/mol. The quantitative estimate of drug-likeness (QED) is 0.875. The zero-order chi connectivity index (χ0) is 10.7. The smallest absolute Gasteiger partial charge is 0.126 e. The molecule has 2 heterocycles. The molecule has 0 bridgehead atoms. The third-order valence-electron chi connectivity index (χ3n) is 2.13. The van der Waals surface area contributed by atoms with E-state index >= 15 is 0 Å². The monoisotopic (exact) mass is 238 g/mol. The van der Waals surface area contributed by atoms with Crippen molar-refractivity contribution in [2.45, 2.75) is 13.0 Å². The minimum Gasteiger partial charge on any atom is -0.364 e. The maximum Gasteiger partial charge on any atom is 0.126 e. The molecule has 0 aliphatic rings. The van der Waals surface area contributed by atoms with Crippen molar-refractivity contribution in [3.8, 4) is 0 Å². The van der Waals surface area contributed by atoms with Crippen LogP contribution >= 0.6 is 22.9 Å². The van der Waals surface area contributed by atoms with Crippen LogP contribution in [0.2, 0.25) is 5.02 Å². The molecule has 0 aliphatic heterocycles. The van der Waals surface area contributed by atoms with Gasteiger partial charge in [-0.05, 0) is 41.4 Å². The highest BCUT2D eigenvalue weighted by Crippen LogP contribution is 2.20. The molecule has 0 radical (unpaired) electrons. The van der Waals surface area contributed by atoms with Crippen molar-refractivity contribution in [3.05, 3.63) is 45.7 Å². The molecular formula is C11H11ClN2S. The molecule has 2 rings (SSSR count). The van der Waals surface area contributed by atoms with Gasteiger partial charge in [0.25, 0.3) is 0 Å². The number of anilines is 1. The highest BCUT2D eigenvalue weighted by molar-refractivity contribution is 7.07. The standard InChI is InChI=1S/C11H11ClN2S/c1-8(9-4-5-15-7-9)14-11-3-2-10(12)6-13-11/h2-8H,1H3,(H,13,14). The van der Waals surface area contributed by atoms with E-state index in [0.29, 0.717) is 5.02 Å². The van der Waals surface area contributed by atoms with Gasteiger partial charge >= 0.3 is 0 Å². The van der Waals surface area contributed by atoms with E-state index in [1.165, 1.54) is 5.56 Å². The zero-order valence-electron chi connectivity index (χ0n) is 8.27. The predicted octanol–water partition coefficient (Wildman–Crippen LogP) is 3.97. The first kappa shape index (κ1) is 10.5. The minimum atomic E-state index is 0.268. The maximum atomic E-state index is 5.76. The maximum absolute atomic E-state index is 5.76. The molecule has 1 atom stereocenters. The average Bonchev–Trinajstić information content (AvgIpc) is 2.74. The summed E-state index contributed by atoms with van der Waals surface area (Å²) in [5.74, 6) is 0.845. The number of halogens is 1. The fraction of sp³-hybridized carbons (Fsp3) is 0.182. The van der Waals surface area contributed by atoms with Crippen LogP contribution in [0.1, 0.15) is 18.5 Å². The van der Waals surface area contributed by atoms with Gasteiger partial charge < -0.3 is 5.32 Å². The van der Waals surface area contributed by atoms with Crippen LogP contribution in [0.25, 0.3) is 0 Å². The number of rotatable bonds is 3. The first-order valence-corrected chi connectivity index (χ1v) is 5.98. The molecule has 2 aromatic rings. The summed E-state index contributed by atoms with van der Waals surface area (Å²) in [5, 5.41) is 8.17. The van der Waals surface area contributed by atoms with E-state index in [1.807, 2.05) is 12.1 Å². The Hall–Kier alpha value is -1.06. The van der Waals surface area contributed by atoms with Crippen LogP contribution in [0, 0.1) is 0 Å². The Labute approximate surface area is 97.9 Å². The molecule has 0 fully saturated rings. The van der Waals surface area contributed by atoms with Crippen molar-refractivity contribution >= 4 is 28.8 Å². The highest BCUT2D eigenvalue weighted by atomic mass is 35.5. The Morgan fingerprint density at radius 3 is 2.87 bits per heavy atom. The largest absolute Gasteiger partial charge is 0.364 e. The first-order chi connectivity index (χ1) is 7.25. The molecule has 0 saturated carbocycles. The summed E-state index contributed by atoms with van der Waals surface area (Å²) in [7, 11) is 0. The molecule has 0 aliphatic carbocycles. The zero-order valence-corrected chi connectivity index (χ0v) is 9.85. The Bertz CT molecular complexity index is 411. The number of pyridine rings is 1. The number of hydrogen-bond donors (Lipinski definition) is 1. The summed E-state index contributed by atoms with van der Waals surface area (Å²) in [6.07, 6.45) is 1.64. The Morgan fingerprint density at radius 1 is 1.40 bits per heavy atom. The second-order valence-electron chi connectivity index (χ2n) is 3.28. The summed E-state index contributed by atoms with van der Waals surface area (Å²) in [5.41, 5.74) is 1.27. The van der Waals surface area contributed by atoms with Crippen LogP contribution in [-0.4, -0.2) is 4.98 Å². The van der Waals surface area contributed by atoms with Crippen molar-refractivity contribution in [1.29, 1.82) is 0 Å². The van der Waals surface area contributed by atoms with Gasteiger partial charge in [0.1, 0.15) is 5.82 Å². The van der Waals surface area contributed by atoms with Crippen LogP contribution in [0.3, 0.4) is 0 Å². The number of hydrogen-bond acceptors (Lipinski definition) is 3. The number of thiophene rings is 1. The molecule has 0 spiro atoms. The van der Waals surface area contributed by atoms with Crippen molar-refractivity contribution in [2.75, 3.05) is 5.32 Å². The molecular weight excluding hydrogens is 228 g/mol. The summed E-state index contributed by atoms with van der Waals surface area (Å²) in [6.45, 7) is 2.11. The van der Waals surface area contributed by atoms with Crippen LogP contribution in [-0.2, 0) is 0 Å². The summed E-state index contributed by atoms with van der Waals surface area (Å²) in [4.78, 5) is 4.19. The summed E-state index contributed by atoms with van der Waals surface area (Å²) < 4.78 is 0. The van der Waals surface area contributed by atoms with E-state index in [-0.39, 0.29) is 6.04 Å². The van der Waals surface area contributed by atoms with Gasteiger partial charge in [0.05, 0.1) is 11.1 Å². The molecule has 2 nitrogen and oxygen atoms in total. The van der Waals surface area contributed by atoms with E-state index in [0.717, 1.165) is 5.82 Å². The Kier molecular flexibility index (Phi) is 3.23. The highest BCUT2D eigenvalue weighted by Gasteiger charge is 2.05. The van der Waals surface area contributed by atoms with Crippen LogP contribution < -0.4 is 5.32 Å². The molecule has 0 aromatic carbocycles. The molecule has 15 heavy (non-hydrogen) atoms. The van der Waals surface area contributed by atoms with Gasteiger partial charge in [-0.1, -0.05) is 11.6 Å². The normalized spacial score (nSPS) is 12.4. The fourth-order valence-corrected chi connectivity index (χ4v) is 2.15. The first-order valence-electron chi connectivity index (χ1n) is 4.66. The van der Waals surface area contributed by atoms with Gasteiger partial charge in [0.15, 0.2) is 0 Å². The fourth-order valence-electron chi connectivity index (χ4n) is 1.29. The van der Waals surface area contributed by atoms with Crippen molar-refractivity contribution in [3.63, 3.8) is 0 Å². The molecule has 2 aromatic heterocycles. The summed E-state index contributed by atoms with van der Waals surface area (Å²) in [6, 6.07) is 6.09. The van der Waals surface area contributed by atoms with Crippen molar-refractivity contribution in [2.24, 2.45) is 0 Å². The van der Waals surface area contributed by atoms with Crippen LogP contribution in [0.5, 0.6) is 0 Å². The third kappa shape index (κ3) is 2.70. The lowest BCUT2D eigenvalue weighted by atomic mass is 10.2. The molecule has 1 N–H and O–H groups in total. The number of nitrogens with zero attached hydrogens (tertiary/aromatic N) is 1. The molecule has 1 unspecified atom stereocenters. The van der Waals surface area contributed by atoms with Crippen LogP contribution in [0.15, 0.2) is 35.2 Å². The van der Waals surface area contributed by atoms with E-state index in [1.54, 1.807) is 17.5 Å². The molecule has 0 amide bonds. The summed E-state index contributed by atoms with van der Waals surface area (Å²) >= 11 is 7.46. The van der Waals surface area contributed by atoms with E-state index in [4.69, 9.17) is 11.6 Å². The average molecular weight is 239 g/mol. The lowest BCUT2D eigenvalue weighted by Crippen LogP contribution is -2.06. The van der Waals surface area contributed by atoms with Gasteiger partial charge in [0.2, 0.25) is 0 Å². The topological polar surface area (TPSA) is 24.9 Å². The minimum absolute atomic E-state index is 0.268. The van der Waals surface area contributed by atoms with Gasteiger partial charge in [-0.3, -0.25) is 0 Å². The Balaban J connectivity index is 2.06. The molecule has 4 heteroatoms. The van der Waals surface area contributed by atoms with Gasteiger partial charge in [-0.25, -0.2) is 4.98 Å². The van der Waals surface area contributed by atoms with E-state index < -0.39 is 0 Å². The lowest BCUT2D eigenvalue weighted by Gasteiger charge is -2.12. The van der Waals surface area contributed by atoms with Gasteiger partial charge in [-0.15, -0.1) is 0 Å². The lowest BCUT2D eigenvalue weighted by molar-refractivity contribution is 0.880. The van der Waals surface area contributed by atoms with Crippen molar-refractivity contribution in [1.82, 2.24) is 4.98 Å². The Morgan fingerprint density at radius 2 is 2.27 bits per heavy atom. The van der Waals surface area contributed by atoms with E-state index in [2.05, 4.69) is 34.1 Å². The van der Waals surface area contributed by atoms with Gasteiger partial charge in [-0.2, -0.15) is 11.3 Å². The van der Waals surface area contributed by atoms with Gasteiger partial charge in [0, 0.05) is 6.20 Å². The van der Waals surface area contributed by atoms with Crippen molar-refractivity contribution < 1.29 is 0 Å². The van der Waals surface area contributed by atoms with Crippen LogP contribution in [0.4, 0.5) is 5.82 Å². The second kappa shape index (κ2) is 4.64. The van der Waals surface area contributed by atoms with E-state index in [9.17, 15) is 0 Å². The second-order valence-corrected chi connectivity index (χ2v) is 4.50. The number of nitrogens with one attached hydrogen (secondary N) is 1. The molecule has 0 saturated heterocycles. The third-order valence-corrected chi connectivity index (χ3v) is 3.06. The number of aromatic nitrogens is 1. The molecule has 78 valence electrons. The SMILES string of the molecule is CC(Nc1ccc(Cl)cn1)c1ccsc1.